The number of anilines is 1. The molecule has 0 saturated carbocycles. The summed E-state index contributed by atoms with van der Waals surface area (Å²) in [4.78, 5) is 31.6. The predicted octanol–water partition coefficient (Wildman–Crippen LogP) is -0.00300. The van der Waals surface area contributed by atoms with Crippen LogP contribution in [0.15, 0.2) is 18.3 Å². The lowest BCUT2D eigenvalue weighted by Gasteiger charge is -2.36. The summed E-state index contributed by atoms with van der Waals surface area (Å²) in [6.07, 6.45) is 3.29. The fourth-order valence-electron chi connectivity index (χ4n) is 2.79. The van der Waals surface area contributed by atoms with E-state index < -0.39 is 0 Å². The summed E-state index contributed by atoms with van der Waals surface area (Å²) in [7, 11) is 0. The Kier molecular flexibility index (Phi) is 2.85. The van der Waals surface area contributed by atoms with E-state index in [1.807, 2.05) is 6.07 Å². The fourth-order valence-corrected chi connectivity index (χ4v) is 2.79. The van der Waals surface area contributed by atoms with Crippen LogP contribution < -0.4 is 5.73 Å². The smallest absolute Gasteiger partial charge is 0.246 e. The molecule has 2 saturated heterocycles. The summed E-state index contributed by atoms with van der Waals surface area (Å²) >= 11 is 0. The molecular formula is C13H16N4O2. The standard InChI is InChI=1S/C13H16N4O2/c14-12-9(3-1-5-15-12)7-16-8-11(18)17-6-2-4-10(17)13(16)19/h1,3,5,10H,2,4,6-8H2,(H2,14,15). The van der Waals surface area contributed by atoms with Gasteiger partial charge in [0, 0.05) is 24.8 Å². The van der Waals surface area contributed by atoms with Crippen molar-refractivity contribution < 1.29 is 9.59 Å². The molecule has 2 aliphatic heterocycles. The van der Waals surface area contributed by atoms with Gasteiger partial charge in [-0.05, 0) is 18.9 Å². The lowest BCUT2D eigenvalue weighted by Crippen LogP contribution is -2.56. The van der Waals surface area contributed by atoms with Crippen molar-refractivity contribution in [2.45, 2.75) is 25.4 Å². The molecule has 3 rings (SSSR count). The lowest BCUT2D eigenvalue weighted by atomic mass is 10.1. The van der Waals surface area contributed by atoms with E-state index in [0.717, 1.165) is 18.4 Å². The third kappa shape index (κ3) is 2.03. The number of hydrogen-bond acceptors (Lipinski definition) is 4. The van der Waals surface area contributed by atoms with E-state index in [0.29, 0.717) is 18.9 Å². The summed E-state index contributed by atoms with van der Waals surface area (Å²) in [6, 6.07) is 3.35. The Morgan fingerprint density at radius 1 is 1.42 bits per heavy atom. The number of rotatable bonds is 2. The summed E-state index contributed by atoms with van der Waals surface area (Å²) in [6.45, 7) is 1.20. The molecule has 0 aromatic carbocycles. The average Bonchev–Trinajstić information content (AvgIpc) is 2.88. The van der Waals surface area contributed by atoms with E-state index in [1.165, 1.54) is 0 Å². The minimum Gasteiger partial charge on any atom is -0.383 e. The van der Waals surface area contributed by atoms with E-state index in [9.17, 15) is 9.59 Å². The molecule has 1 aromatic heterocycles. The van der Waals surface area contributed by atoms with Crippen LogP contribution in [0.3, 0.4) is 0 Å². The number of pyridine rings is 1. The maximum atomic E-state index is 12.3. The summed E-state index contributed by atoms with van der Waals surface area (Å²) < 4.78 is 0. The summed E-state index contributed by atoms with van der Waals surface area (Å²) in [5.41, 5.74) is 6.57. The molecule has 0 aliphatic carbocycles. The number of aromatic nitrogens is 1. The third-order valence-corrected chi connectivity index (χ3v) is 3.78. The van der Waals surface area contributed by atoms with Crippen LogP contribution in [0.1, 0.15) is 18.4 Å². The molecule has 0 spiro atoms. The second-order valence-electron chi connectivity index (χ2n) is 4.99. The second kappa shape index (κ2) is 4.53. The third-order valence-electron chi connectivity index (χ3n) is 3.78. The van der Waals surface area contributed by atoms with Crippen molar-refractivity contribution in [2.75, 3.05) is 18.8 Å². The van der Waals surface area contributed by atoms with Crippen LogP contribution in [0.2, 0.25) is 0 Å². The van der Waals surface area contributed by atoms with E-state index in [2.05, 4.69) is 4.98 Å². The average molecular weight is 260 g/mol. The maximum absolute atomic E-state index is 12.3. The molecule has 0 radical (unpaired) electrons. The van der Waals surface area contributed by atoms with Gasteiger partial charge < -0.3 is 15.5 Å². The molecule has 100 valence electrons. The van der Waals surface area contributed by atoms with E-state index in [1.54, 1.807) is 22.1 Å². The van der Waals surface area contributed by atoms with Crippen molar-refractivity contribution in [3.05, 3.63) is 23.9 Å². The van der Waals surface area contributed by atoms with Crippen molar-refractivity contribution in [1.29, 1.82) is 0 Å². The first-order chi connectivity index (χ1) is 9.16. The quantitative estimate of drug-likeness (QED) is 0.811. The van der Waals surface area contributed by atoms with Crippen molar-refractivity contribution in [3.8, 4) is 0 Å². The Labute approximate surface area is 111 Å². The van der Waals surface area contributed by atoms with Crippen molar-refractivity contribution >= 4 is 17.6 Å². The first-order valence-electron chi connectivity index (χ1n) is 6.44. The largest absolute Gasteiger partial charge is 0.383 e. The summed E-state index contributed by atoms with van der Waals surface area (Å²) in [5, 5.41) is 0. The predicted molar refractivity (Wildman–Crippen MR) is 68.8 cm³/mol. The number of amides is 2. The first kappa shape index (κ1) is 12.0. The van der Waals surface area contributed by atoms with Crippen molar-refractivity contribution in [1.82, 2.24) is 14.8 Å². The van der Waals surface area contributed by atoms with Gasteiger partial charge in [0.2, 0.25) is 11.8 Å². The number of carbonyl (C=O) groups is 2. The zero-order chi connectivity index (χ0) is 13.4. The molecule has 3 heterocycles. The van der Waals surface area contributed by atoms with Gasteiger partial charge in [-0.25, -0.2) is 4.98 Å². The van der Waals surface area contributed by atoms with Gasteiger partial charge in [-0.1, -0.05) is 6.07 Å². The van der Waals surface area contributed by atoms with Crippen LogP contribution in [-0.4, -0.2) is 45.7 Å². The van der Waals surface area contributed by atoms with E-state index >= 15 is 0 Å². The topological polar surface area (TPSA) is 79.5 Å². The van der Waals surface area contributed by atoms with Crippen molar-refractivity contribution in [2.24, 2.45) is 0 Å². The molecule has 2 aliphatic rings. The van der Waals surface area contributed by atoms with Crippen molar-refractivity contribution in [3.63, 3.8) is 0 Å². The van der Waals surface area contributed by atoms with Gasteiger partial charge in [-0.2, -0.15) is 0 Å². The zero-order valence-corrected chi connectivity index (χ0v) is 10.6. The molecule has 1 atom stereocenters. The lowest BCUT2D eigenvalue weighted by molar-refractivity contribution is -0.154. The van der Waals surface area contributed by atoms with Gasteiger partial charge >= 0.3 is 0 Å². The van der Waals surface area contributed by atoms with Gasteiger partial charge in [0.1, 0.15) is 18.4 Å². The van der Waals surface area contributed by atoms with Crippen LogP contribution in [-0.2, 0) is 16.1 Å². The molecule has 6 nitrogen and oxygen atoms in total. The summed E-state index contributed by atoms with van der Waals surface area (Å²) in [5.74, 6) is 0.474. The Morgan fingerprint density at radius 3 is 3.05 bits per heavy atom. The normalized spacial score (nSPS) is 22.8. The number of fused-ring (bicyclic) bond motifs is 1. The second-order valence-corrected chi connectivity index (χ2v) is 4.99. The SMILES string of the molecule is Nc1ncccc1CN1CC(=O)N2CCCC2C1=O. The highest BCUT2D eigenvalue weighted by molar-refractivity contribution is 5.95. The minimum absolute atomic E-state index is 0.0281. The molecule has 2 amide bonds. The van der Waals surface area contributed by atoms with Gasteiger partial charge in [-0.15, -0.1) is 0 Å². The Bertz CT molecular complexity index is 531. The Hall–Kier alpha value is -2.11. The molecule has 1 aromatic rings. The number of nitrogens with two attached hydrogens (primary N) is 1. The van der Waals surface area contributed by atoms with Crippen LogP contribution in [0.4, 0.5) is 5.82 Å². The highest BCUT2D eigenvalue weighted by Crippen LogP contribution is 2.25. The first-order valence-corrected chi connectivity index (χ1v) is 6.44. The number of nitrogens with zero attached hydrogens (tertiary/aromatic N) is 3. The number of piperazine rings is 1. The molecule has 1 unspecified atom stereocenters. The zero-order valence-electron chi connectivity index (χ0n) is 10.6. The van der Waals surface area contributed by atoms with Crippen LogP contribution in [0.25, 0.3) is 0 Å². The number of hydrogen-bond donors (Lipinski definition) is 1. The fraction of sp³-hybridized carbons (Fsp3) is 0.462. The minimum atomic E-state index is -0.265. The maximum Gasteiger partial charge on any atom is 0.246 e. The highest BCUT2D eigenvalue weighted by Gasteiger charge is 2.41. The molecular weight excluding hydrogens is 244 g/mol. The van der Waals surface area contributed by atoms with Gasteiger partial charge in [0.25, 0.3) is 0 Å². The molecule has 19 heavy (non-hydrogen) atoms. The van der Waals surface area contributed by atoms with E-state index in [-0.39, 0.29) is 24.4 Å². The molecule has 2 fully saturated rings. The van der Waals surface area contributed by atoms with Gasteiger partial charge in [0.15, 0.2) is 0 Å². The van der Waals surface area contributed by atoms with Crippen LogP contribution in [0.5, 0.6) is 0 Å². The molecule has 6 heteroatoms. The van der Waals surface area contributed by atoms with Gasteiger partial charge in [-0.3, -0.25) is 9.59 Å². The Morgan fingerprint density at radius 2 is 2.26 bits per heavy atom. The number of nitrogen functional groups attached to an aromatic ring is 1. The van der Waals surface area contributed by atoms with Gasteiger partial charge in [0.05, 0.1) is 0 Å². The van der Waals surface area contributed by atoms with Crippen LogP contribution in [0, 0.1) is 0 Å². The molecule has 0 bridgehead atoms. The monoisotopic (exact) mass is 260 g/mol. The Balaban J connectivity index is 1.80. The van der Waals surface area contributed by atoms with Crippen LogP contribution >= 0.6 is 0 Å². The number of carbonyl (C=O) groups excluding carboxylic acids is 2. The molecule has 2 N–H and O–H groups in total. The van der Waals surface area contributed by atoms with E-state index in [4.69, 9.17) is 5.73 Å². The highest BCUT2D eigenvalue weighted by atomic mass is 16.2.